The van der Waals surface area contributed by atoms with Crippen molar-refractivity contribution in [2.45, 2.75) is 20.8 Å². The number of benzene rings is 1. The molecule has 10 heteroatoms. The molecule has 0 bridgehead atoms. The van der Waals surface area contributed by atoms with Gasteiger partial charge in [-0.15, -0.1) is 11.3 Å². The van der Waals surface area contributed by atoms with Gasteiger partial charge in [0.25, 0.3) is 5.56 Å². The number of hydrogen-bond acceptors (Lipinski definition) is 8. The summed E-state index contributed by atoms with van der Waals surface area (Å²) in [7, 11) is 0. The van der Waals surface area contributed by atoms with Crippen molar-refractivity contribution < 1.29 is 14.6 Å². The minimum Gasteiger partial charge on any atom is -0.493 e. The number of esters is 1. The van der Waals surface area contributed by atoms with E-state index in [1.807, 2.05) is 13.0 Å². The average molecular weight is 428 g/mol. The van der Waals surface area contributed by atoms with Crippen LogP contribution in [0.1, 0.15) is 33.3 Å². The van der Waals surface area contributed by atoms with Crippen LogP contribution in [0.3, 0.4) is 0 Å². The number of aromatic hydroxyl groups is 1. The molecular formula is C20H20N4O5S. The first-order valence-electron chi connectivity index (χ1n) is 9.00. The molecule has 0 radical (unpaired) electrons. The van der Waals surface area contributed by atoms with Gasteiger partial charge in [-0.25, -0.2) is 19.1 Å². The van der Waals surface area contributed by atoms with Crippen molar-refractivity contribution >= 4 is 34.2 Å². The summed E-state index contributed by atoms with van der Waals surface area (Å²) in [6.07, 6.45) is 1.11. The minimum atomic E-state index is -0.803. The van der Waals surface area contributed by atoms with Crippen molar-refractivity contribution in [2.24, 2.45) is 4.99 Å². The van der Waals surface area contributed by atoms with Crippen LogP contribution >= 0.6 is 11.3 Å². The number of nitrogens with zero attached hydrogens (tertiary/aromatic N) is 2. The molecule has 0 saturated carbocycles. The molecule has 0 fully saturated rings. The molecule has 0 unspecified atom stereocenters. The number of aromatic nitrogens is 2. The van der Waals surface area contributed by atoms with Crippen LogP contribution in [-0.2, 0) is 4.74 Å². The largest absolute Gasteiger partial charge is 0.493 e. The lowest BCUT2D eigenvalue weighted by Crippen LogP contribution is -2.31. The zero-order valence-electron chi connectivity index (χ0n) is 16.6. The Bertz CT molecular complexity index is 1270. The van der Waals surface area contributed by atoms with Gasteiger partial charge in [0.2, 0.25) is 5.88 Å². The van der Waals surface area contributed by atoms with Gasteiger partial charge in [-0.3, -0.25) is 9.78 Å². The van der Waals surface area contributed by atoms with Crippen LogP contribution in [0, 0.1) is 13.8 Å². The van der Waals surface area contributed by atoms with Crippen LogP contribution in [0.4, 0.5) is 10.7 Å². The number of aromatic amines is 1. The second-order valence-electron chi connectivity index (χ2n) is 6.42. The van der Waals surface area contributed by atoms with Gasteiger partial charge >= 0.3 is 11.7 Å². The Hall–Kier alpha value is -3.66. The first kappa shape index (κ1) is 21.1. The highest BCUT2D eigenvalue weighted by molar-refractivity contribution is 7.18. The Morgan fingerprint density at radius 3 is 2.77 bits per heavy atom. The summed E-state index contributed by atoms with van der Waals surface area (Å²) in [4.78, 5) is 43.2. The molecule has 3 rings (SSSR count). The minimum absolute atomic E-state index is 0.221. The number of aliphatic imine (C=N–C) groups is 1. The number of ether oxygens (including phenoxy) is 1. The molecule has 0 aliphatic rings. The summed E-state index contributed by atoms with van der Waals surface area (Å²) in [5, 5.41) is 10.9. The Morgan fingerprint density at radius 1 is 1.37 bits per heavy atom. The number of H-pyrrole nitrogens is 1. The molecule has 2 heterocycles. The second kappa shape index (κ2) is 8.37. The average Bonchev–Trinajstić information content (AvgIpc) is 2.96. The van der Waals surface area contributed by atoms with Crippen LogP contribution in [-0.4, -0.2) is 33.4 Å². The SMILES string of the molecule is CCOC(=O)c1sc(N=Cc2c(O)n(-c3cccc(C)c3)c(=O)[nH]c2=O)c(N)c1C. The Kier molecular flexibility index (Phi) is 5.88. The predicted octanol–water partition coefficient (Wildman–Crippen LogP) is 2.42. The maximum absolute atomic E-state index is 12.3. The number of hydrogen-bond donors (Lipinski definition) is 3. The third-order valence-corrected chi connectivity index (χ3v) is 5.52. The monoisotopic (exact) mass is 428 g/mol. The summed E-state index contributed by atoms with van der Waals surface area (Å²) in [5.41, 5.74) is 6.26. The number of nitrogens with one attached hydrogen (secondary N) is 1. The summed E-state index contributed by atoms with van der Waals surface area (Å²) in [5.74, 6) is -1.07. The molecule has 156 valence electrons. The van der Waals surface area contributed by atoms with Crippen molar-refractivity contribution in [1.82, 2.24) is 9.55 Å². The van der Waals surface area contributed by atoms with E-state index in [0.717, 1.165) is 27.7 Å². The second-order valence-corrected chi connectivity index (χ2v) is 7.42. The zero-order valence-corrected chi connectivity index (χ0v) is 17.4. The fraction of sp³-hybridized carbons (Fsp3) is 0.200. The lowest BCUT2D eigenvalue weighted by Gasteiger charge is -2.10. The van der Waals surface area contributed by atoms with Crippen LogP contribution in [0.25, 0.3) is 5.69 Å². The van der Waals surface area contributed by atoms with Crippen molar-refractivity contribution in [1.29, 1.82) is 0 Å². The normalized spacial score (nSPS) is 11.2. The number of thiophene rings is 1. The van der Waals surface area contributed by atoms with Gasteiger partial charge in [0.15, 0.2) is 0 Å². The number of nitrogen functional groups attached to an aromatic ring is 1. The van der Waals surface area contributed by atoms with Gasteiger partial charge < -0.3 is 15.6 Å². The Labute approximate surface area is 175 Å². The molecule has 0 aliphatic carbocycles. The van der Waals surface area contributed by atoms with E-state index in [2.05, 4.69) is 9.98 Å². The molecule has 0 atom stereocenters. The molecule has 2 aromatic heterocycles. The third-order valence-electron chi connectivity index (χ3n) is 4.33. The maximum atomic E-state index is 12.3. The van der Waals surface area contributed by atoms with Crippen LogP contribution in [0.2, 0.25) is 0 Å². The smallest absolute Gasteiger partial charge is 0.348 e. The van der Waals surface area contributed by atoms with Gasteiger partial charge in [-0.05, 0) is 44.0 Å². The zero-order chi connectivity index (χ0) is 22.0. The lowest BCUT2D eigenvalue weighted by atomic mass is 10.2. The van der Waals surface area contributed by atoms with Gasteiger partial charge in [0.1, 0.15) is 15.4 Å². The maximum Gasteiger partial charge on any atom is 0.348 e. The van der Waals surface area contributed by atoms with Gasteiger partial charge in [0.05, 0.1) is 18.0 Å². The number of anilines is 1. The number of rotatable bonds is 5. The predicted molar refractivity (Wildman–Crippen MR) is 116 cm³/mol. The van der Waals surface area contributed by atoms with Crippen LogP contribution in [0.5, 0.6) is 5.88 Å². The number of aryl methyl sites for hydroxylation is 1. The molecule has 4 N–H and O–H groups in total. The lowest BCUT2D eigenvalue weighted by molar-refractivity contribution is 0.0531. The molecule has 0 amide bonds. The first-order chi connectivity index (χ1) is 14.2. The first-order valence-corrected chi connectivity index (χ1v) is 9.81. The molecule has 0 aliphatic heterocycles. The highest BCUT2D eigenvalue weighted by Gasteiger charge is 2.20. The quantitative estimate of drug-likeness (QED) is 0.421. The van der Waals surface area contributed by atoms with E-state index in [1.165, 1.54) is 0 Å². The third kappa shape index (κ3) is 3.90. The van der Waals surface area contributed by atoms with Crippen molar-refractivity contribution in [3.8, 4) is 11.6 Å². The summed E-state index contributed by atoms with van der Waals surface area (Å²) < 4.78 is 5.97. The van der Waals surface area contributed by atoms with Crippen LogP contribution < -0.4 is 17.0 Å². The highest BCUT2D eigenvalue weighted by Crippen LogP contribution is 2.38. The Morgan fingerprint density at radius 2 is 2.10 bits per heavy atom. The van der Waals surface area contributed by atoms with Crippen LogP contribution in [0.15, 0.2) is 38.8 Å². The van der Waals surface area contributed by atoms with E-state index in [0.29, 0.717) is 16.1 Å². The topological polar surface area (TPSA) is 140 Å². The van der Waals surface area contributed by atoms with Crippen molar-refractivity contribution in [3.63, 3.8) is 0 Å². The molecule has 9 nitrogen and oxygen atoms in total. The standard InChI is InChI=1S/C20H20N4O5S/c1-4-29-19(27)15-11(3)14(21)17(30-15)22-9-13-16(25)23-20(28)24(18(13)26)12-7-5-6-10(2)8-12/h5-9,26H,4,21H2,1-3H3,(H,23,25,28). The van der Waals surface area contributed by atoms with E-state index < -0.39 is 23.1 Å². The number of carbonyl (C=O) groups is 1. The molecule has 0 spiro atoms. The van der Waals surface area contributed by atoms with Gasteiger partial charge in [0, 0.05) is 6.21 Å². The number of nitrogens with two attached hydrogens (primary N) is 1. The molecule has 1 aromatic carbocycles. The van der Waals surface area contributed by atoms with Crippen molar-refractivity contribution in [2.75, 3.05) is 12.3 Å². The van der Waals surface area contributed by atoms with E-state index >= 15 is 0 Å². The van der Waals surface area contributed by atoms with Gasteiger partial charge in [-0.2, -0.15) is 0 Å². The molecule has 3 aromatic rings. The highest BCUT2D eigenvalue weighted by atomic mass is 32.1. The fourth-order valence-electron chi connectivity index (χ4n) is 2.78. The number of carbonyl (C=O) groups excluding carboxylic acids is 1. The molecular weight excluding hydrogens is 408 g/mol. The van der Waals surface area contributed by atoms with E-state index in [-0.39, 0.29) is 22.9 Å². The molecule has 30 heavy (non-hydrogen) atoms. The van der Waals surface area contributed by atoms with Gasteiger partial charge in [-0.1, -0.05) is 12.1 Å². The van der Waals surface area contributed by atoms with Crippen molar-refractivity contribution in [3.05, 3.63) is 66.7 Å². The van der Waals surface area contributed by atoms with E-state index in [4.69, 9.17) is 10.5 Å². The summed E-state index contributed by atoms with van der Waals surface area (Å²) in [6.45, 7) is 5.42. The molecule has 0 saturated heterocycles. The van der Waals surface area contributed by atoms with E-state index in [1.54, 1.807) is 32.0 Å². The van der Waals surface area contributed by atoms with E-state index in [9.17, 15) is 19.5 Å². The fourth-order valence-corrected chi connectivity index (χ4v) is 3.75. The summed E-state index contributed by atoms with van der Waals surface area (Å²) >= 11 is 1.01. The Balaban J connectivity index is 2.08. The summed E-state index contributed by atoms with van der Waals surface area (Å²) in [6, 6.07) is 6.87.